The van der Waals surface area contributed by atoms with E-state index in [1.165, 1.54) is 4.90 Å². The maximum Gasteiger partial charge on any atom is 0.320 e. The predicted molar refractivity (Wildman–Crippen MR) is 73.0 cm³/mol. The number of urea groups is 1. The van der Waals surface area contributed by atoms with Crippen LogP contribution < -0.4 is 0 Å². The Bertz CT molecular complexity index is 310. The van der Waals surface area contributed by atoms with Crippen LogP contribution in [0.1, 0.15) is 40.5 Å². The van der Waals surface area contributed by atoms with Crippen molar-refractivity contribution in [1.29, 1.82) is 0 Å². The molecule has 0 rings (SSSR count). The molecule has 1 unspecified atom stereocenters. The number of aliphatic hydroxyl groups excluding tert-OH is 1. The average molecular weight is 274 g/mol. The summed E-state index contributed by atoms with van der Waals surface area (Å²) in [6.07, 6.45) is -0.0378. The standard InChI is InChI=1S/C13H26N2O4/c1-10(16)6-8-14(5)12(19)15(13(2,3)4)9-7-11(17)18/h10,16H,6-9H2,1-5H3,(H,17,18). The Morgan fingerprint density at radius 3 is 2.11 bits per heavy atom. The summed E-state index contributed by atoms with van der Waals surface area (Å²) in [7, 11) is 1.66. The molecule has 112 valence electrons. The van der Waals surface area contributed by atoms with E-state index in [2.05, 4.69) is 0 Å². The third-order valence-electron chi connectivity index (χ3n) is 2.80. The highest BCUT2D eigenvalue weighted by molar-refractivity contribution is 5.76. The van der Waals surface area contributed by atoms with Crippen molar-refractivity contribution in [3.8, 4) is 0 Å². The summed E-state index contributed by atoms with van der Waals surface area (Å²) in [5, 5.41) is 18.0. The first-order valence-corrected chi connectivity index (χ1v) is 6.48. The summed E-state index contributed by atoms with van der Waals surface area (Å²) >= 11 is 0. The Hall–Kier alpha value is -1.30. The van der Waals surface area contributed by atoms with Crippen LogP contribution in [-0.2, 0) is 4.79 Å². The minimum Gasteiger partial charge on any atom is -0.481 e. The normalized spacial score (nSPS) is 12.9. The van der Waals surface area contributed by atoms with E-state index >= 15 is 0 Å². The zero-order valence-electron chi connectivity index (χ0n) is 12.5. The second-order valence-electron chi connectivity index (χ2n) is 5.81. The van der Waals surface area contributed by atoms with Gasteiger partial charge in [0, 0.05) is 25.7 Å². The molecular formula is C13H26N2O4. The van der Waals surface area contributed by atoms with Crippen LogP contribution >= 0.6 is 0 Å². The van der Waals surface area contributed by atoms with E-state index in [0.717, 1.165) is 0 Å². The Morgan fingerprint density at radius 2 is 1.74 bits per heavy atom. The summed E-state index contributed by atoms with van der Waals surface area (Å²) < 4.78 is 0. The molecule has 2 amide bonds. The SMILES string of the molecule is CC(O)CCN(C)C(=O)N(CCC(=O)O)C(C)(C)C. The molecule has 0 aromatic heterocycles. The molecular weight excluding hydrogens is 248 g/mol. The molecule has 0 saturated carbocycles. The molecule has 2 N–H and O–H groups in total. The summed E-state index contributed by atoms with van der Waals surface area (Å²) in [4.78, 5) is 26.0. The Morgan fingerprint density at radius 1 is 1.21 bits per heavy atom. The second kappa shape index (κ2) is 7.33. The number of nitrogens with zero attached hydrogens (tertiary/aromatic N) is 2. The van der Waals surface area contributed by atoms with Crippen LogP contribution in [-0.4, -0.2) is 63.8 Å². The number of amides is 2. The quantitative estimate of drug-likeness (QED) is 0.767. The van der Waals surface area contributed by atoms with Crippen molar-refractivity contribution < 1.29 is 19.8 Å². The molecule has 6 nitrogen and oxygen atoms in total. The fraction of sp³-hybridized carbons (Fsp3) is 0.846. The fourth-order valence-electron chi connectivity index (χ4n) is 1.61. The van der Waals surface area contributed by atoms with Gasteiger partial charge in [-0.1, -0.05) is 0 Å². The summed E-state index contributed by atoms with van der Waals surface area (Å²) in [5.74, 6) is -0.923. The van der Waals surface area contributed by atoms with Crippen LogP contribution in [0.4, 0.5) is 4.79 Å². The lowest BCUT2D eigenvalue weighted by Crippen LogP contribution is -2.51. The van der Waals surface area contributed by atoms with Crippen molar-refractivity contribution in [3.05, 3.63) is 0 Å². The van der Waals surface area contributed by atoms with Gasteiger partial charge < -0.3 is 20.0 Å². The molecule has 0 aliphatic rings. The number of aliphatic hydroxyl groups is 1. The van der Waals surface area contributed by atoms with E-state index in [0.29, 0.717) is 13.0 Å². The number of hydrogen-bond acceptors (Lipinski definition) is 3. The third-order valence-corrected chi connectivity index (χ3v) is 2.80. The molecule has 1 atom stereocenters. The molecule has 19 heavy (non-hydrogen) atoms. The van der Waals surface area contributed by atoms with E-state index in [4.69, 9.17) is 5.11 Å². The average Bonchev–Trinajstić information content (AvgIpc) is 2.23. The van der Waals surface area contributed by atoms with Gasteiger partial charge in [-0.25, -0.2) is 4.79 Å². The van der Waals surface area contributed by atoms with Gasteiger partial charge in [0.05, 0.1) is 12.5 Å². The predicted octanol–water partition coefficient (Wildman–Crippen LogP) is 1.38. The lowest BCUT2D eigenvalue weighted by molar-refractivity contribution is -0.137. The minimum atomic E-state index is -0.923. The molecule has 0 heterocycles. The van der Waals surface area contributed by atoms with Gasteiger partial charge in [-0.3, -0.25) is 4.79 Å². The zero-order valence-corrected chi connectivity index (χ0v) is 12.5. The molecule has 0 aliphatic carbocycles. The molecule has 0 saturated heterocycles. The van der Waals surface area contributed by atoms with Crippen LogP contribution in [0.5, 0.6) is 0 Å². The lowest BCUT2D eigenvalue weighted by atomic mass is 10.1. The number of carbonyl (C=O) groups excluding carboxylic acids is 1. The van der Waals surface area contributed by atoms with Gasteiger partial charge in [-0.2, -0.15) is 0 Å². The first-order chi connectivity index (χ1) is 8.55. The number of carbonyl (C=O) groups is 2. The third kappa shape index (κ3) is 7.00. The first-order valence-electron chi connectivity index (χ1n) is 6.48. The van der Waals surface area contributed by atoms with Crippen molar-refractivity contribution in [2.24, 2.45) is 0 Å². The molecule has 0 aliphatic heterocycles. The summed E-state index contributed by atoms with van der Waals surface area (Å²) in [5.41, 5.74) is -0.439. The molecule has 0 spiro atoms. The highest BCUT2D eigenvalue weighted by atomic mass is 16.4. The van der Waals surface area contributed by atoms with Crippen molar-refractivity contribution >= 4 is 12.0 Å². The number of rotatable bonds is 6. The fourth-order valence-corrected chi connectivity index (χ4v) is 1.61. The molecule has 0 radical (unpaired) electrons. The second-order valence-corrected chi connectivity index (χ2v) is 5.81. The Labute approximate surface area is 115 Å². The van der Waals surface area contributed by atoms with Crippen LogP contribution in [0.3, 0.4) is 0 Å². The lowest BCUT2D eigenvalue weighted by Gasteiger charge is -2.38. The number of aliphatic carboxylic acids is 1. The maximum atomic E-state index is 12.3. The first kappa shape index (κ1) is 17.7. The van der Waals surface area contributed by atoms with Crippen molar-refractivity contribution in [2.75, 3.05) is 20.1 Å². The van der Waals surface area contributed by atoms with E-state index in [9.17, 15) is 14.7 Å². The molecule has 0 bridgehead atoms. The molecule has 0 aromatic rings. The monoisotopic (exact) mass is 274 g/mol. The highest BCUT2D eigenvalue weighted by Crippen LogP contribution is 2.16. The molecule has 6 heteroatoms. The smallest absolute Gasteiger partial charge is 0.320 e. The van der Waals surface area contributed by atoms with Crippen molar-refractivity contribution in [2.45, 2.75) is 52.2 Å². The highest BCUT2D eigenvalue weighted by Gasteiger charge is 2.28. The molecule has 0 aromatic carbocycles. The summed E-state index contributed by atoms with van der Waals surface area (Å²) in [6.45, 7) is 7.90. The maximum absolute atomic E-state index is 12.3. The van der Waals surface area contributed by atoms with Crippen molar-refractivity contribution in [3.63, 3.8) is 0 Å². The number of hydrogen-bond donors (Lipinski definition) is 2. The Balaban J connectivity index is 4.66. The zero-order chi connectivity index (χ0) is 15.2. The number of carboxylic acids is 1. The Kier molecular flexibility index (Phi) is 6.83. The topological polar surface area (TPSA) is 81.1 Å². The van der Waals surface area contributed by atoms with Gasteiger partial charge in [0.1, 0.15) is 0 Å². The van der Waals surface area contributed by atoms with Gasteiger partial charge in [-0.05, 0) is 34.1 Å². The van der Waals surface area contributed by atoms with E-state index in [1.54, 1.807) is 18.9 Å². The van der Waals surface area contributed by atoms with Gasteiger partial charge in [0.25, 0.3) is 0 Å². The van der Waals surface area contributed by atoms with Crippen LogP contribution in [0.2, 0.25) is 0 Å². The van der Waals surface area contributed by atoms with E-state index in [-0.39, 0.29) is 19.0 Å². The van der Waals surface area contributed by atoms with Gasteiger partial charge in [0.2, 0.25) is 0 Å². The number of carboxylic acid groups (broad SMARTS) is 1. The summed E-state index contributed by atoms with van der Waals surface area (Å²) in [6, 6.07) is -0.214. The van der Waals surface area contributed by atoms with E-state index in [1.807, 2.05) is 20.8 Å². The minimum absolute atomic E-state index is 0.0761. The van der Waals surface area contributed by atoms with Crippen molar-refractivity contribution in [1.82, 2.24) is 9.80 Å². The van der Waals surface area contributed by atoms with Crippen LogP contribution in [0.15, 0.2) is 0 Å². The van der Waals surface area contributed by atoms with Gasteiger partial charge >= 0.3 is 12.0 Å². The largest absolute Gasteiger partial charge is 0.481 e. The molecule has 0 fully saturated rings. The van der Waals surface area contributed by atoms with Crippen LogP contribution in [0.25, 0.3) is 0 Å². The van der Waals surface area contributed by atoms with Gasteiger partial charge in [0.15, 0.2) is 0 Å². The van der Waals surface area contributed by atoms with Gasteiger partial charge in [-0.15, -0.1) is 0 Å². The van der Waals surface area contributed by atoms with Crippen LogP contribution in [0, 0.1) is 0 Å². The van der Waals surface area contributed by atoms with E-state index < -0.39 is 17.6 Å².